The smallest absolute Gasteiger partial charge is 0.137 e. The Labute approximate surface area is 134 Å². The molecule has 4 heterocycles. The van der Waals surface area contributed by atoms with Gasteiger partial charge in [0.1, 0.15) is 18.5 Å². The van der Waals surface area contributed by atoms with E-state index in [0.717, 1.165) is 44.2 Å². The molecule has 0 amide bonds. The average Bonchev–Trinajstić information content (AvgIpc) is 3.18. The molecule has 1 aliphatic heterocycles. The molecule has 3 aromatic rings. The molecule has 0 fully saturated rings. The maximum atomic E-state index is 4.51. The van der Waals surface area contributed by atoms with Gasteiger partial charge in [0.15, 0.2) is 0 Å². The summed E-state index contributed by atoms with van der Waals surface area (Å²) in [6, 6.07) is 6.06. The first-order chi connectivity index (χ1) is 11.4. The van der Waals surface area contributed by atoms with Crippen molar-refractivity contribution in [2.45, 2.75) is 26.2 Å². The third-order valence-electron chi connectivity index (χ3n) is 4.16. The standard InChI is InChI=1S/C16H19N7/c1-2-4-18-15(3-1)10-21-7-14(9-23-13-17-12-20-23)8-22-6-5-19-16(22)11-21/h1-6,12-14H,7-11H2/t14-/m0/s1. The van der Waals surface area contributed by atoms with Gasteiger partial charge in [-0.1, -0.05) is 6.07 Å². The normalized spacial score (nSPS) is 18.5. The molecule has 7 nitrogen and oxygen atoms in total. The zero-order valence-electron chi connectivity index (χ0n) is 12.9. The van der Waals surface area contributed by atoms with Gasteiger partial charge in [-0.05, 0) is 12.1 Å². The Balaban J connectivity index is 1.54. The van der Waals surface area contributed by atoms with Crippen LogP contribution in [0.25, 0.3) is 0 Å². The Morgan fingerprint density at radius 3 is 2.96 bits per heavy atom. The fourth-order valence-electron chi connectivity index (χ4n) is 3.17. The Morgan fingerprint density at radius 1 is 1.13 bits per heavy atom. The highest BCUT2D eigenvalue weighted by atomic mass is 15.3. The summed E-state index contributed by atoms with van der Waals surface area (Å²) in [4.78, 5) is 15.4. The van der Waals surface area contributed by atoms with Crippen LogP contribution in [0.3, 0.4) is 0 Å². The van der Waals surface area contributed by atoms with Crippen molar-refractivity contribution in [3.05, 3.63) is 61.0 Å². The molecule has 7 heteroatoms. The Bertz CT molecular complexity index is 735. The highest BCUT2D eigenvalue weighted by molar-refractivity contribution is 5.04. The van der Waals surface area contributed by atoms with Crippen LogP contribution in [0.15, 0.2) is 49.4 Å². The average molecular weight is 309 g/mol. The molecule has 0 saturated heterocycles. The summed E-state index contributed by atoms with van der Waals surface area (Å²) >= 11 is 0. The number of rotatable bonds is 4. The summed E-state index contributed by atoms with van der Waals surface area (Å²) in [6.07, 6.45) is 9.16. The van der Waals surface area contributed by atoms with Crippen LogP contribution in [0.1, 0.15) is 11.5 Å². The maximum Gasteiger partial charge on any atom is 0.137 e. The van der Waals surface area contributed by atoms with Gasteiger partial charge in [0, 0.05) is 50.7 Å². The summed E-state index contributed by atoms with van der Waals surface area (Å²) in [6.45, 7) is 4.48. The van der Waals surface area contributed by atoms with E-state index < -0.39 is 0 Å². The molecule has 0 aromatic carbocycles. The van der Waals surface area contributed by atoms with E-state index in [2.05, 4.69) is 41.8 Å². The molecular formula is C16H19N7. The van der Waals surface area contributed by atoms with Crippen LogP contribution in [0.5, 0.6) is 0 Å². The van der Waals surface area contributed by atoms with Crippen molar-refractivity contribution in [3.8, 4) is 0 Å². The number of hydrogen-bond donors (Lipinski definition) is 0. The van der Waals surface area contributed by atoms with Crippen LogP contribution in [-0.2, 0) is 26.2 Å². The SMILES string of the molecule is c1ccc(CN2Cc3nccn3C[C@@H](Cn3cncn3)C2)nc1. The lowest BCUT2D eigenvalue weighted by atomic mass is 10.1. The van der Waals surface area contributed by atoms with Crippen LogP contribution in [0.4, 0.5) is 0 Å². The Morgan fingerprint density at radius 2 is 2.13 bits per heavy atom. The lowest BCUT2D eigenvalue weighted by Crippen LogP contribution is -2.30. The molecule has 1 aliphatic rings. The highest BCUT2D eigenvalue weighted by Crippen LogP contribution is 2.18. The molecule has 1 atom stereocenters. The van der Waals surface area contributed by atoms with E-state index in [1.807, 2.05) is 29.2 Å². The predicted molar refractivity (Wildman–Crippen MR) is 84.1 cm³/mol. The fraction of sp³-hybridized carbons (Fsp3) is 0.375. The first-order valence-corrected chi connectivity index (χ1v) is 7.81. The number of hydrogen-bond acceptors (Lipinski definition) is 5. The monoisotopic (exact) mass is 309 g/mol. The minimum Gasteiger partial charge on any atom is -0.333 e. The van der Waals surface area contributed by atoms with E-state index in [1.165, 1.54) is 0 Å². The van der Waals surface area contributed by atoms with E-state index in [9.17, 15) is 0 Å². The van der Waals surface area contributed by atoms with Gasteiger partial charge >= 0.3 is 0 Å². The predicted octanol–water partition coefficient (Wildman–Crippen LogP) is 1.20. The van der Waals surface area contributed by atoms with Crippen LogP contribution in [0.2, 0.25) is 0 Å². The molecule has 4 rings (SSSR count). The number of pyridine rings is 1. The van der Waals surface area contributed by atoms with E-state index in [1.54, 1.807) is 12.7 Å². The van der Waals surface area contributed by atoms with E-state index in [4.69, 9.17) is 0 Å². The van der Waals surface area contributed by atoms with Gasteiger partial charge in [-0.2, -0.15) is 5.10 Å². The van der Waals surface area contributed by atoms with Crippen LogP contribution < -0.4 is 0 Å². The first kappa shape index (κ1) is 14.1. The van der Waals surface area contributed by atoms with Crippen LogP contribution >= 0.6 is 0 Å². The van der Waals surface area contributed by atoms with Gasteiger partial charge in [0.25, 0.3) is 0 Å². The largest absolute Gasteiger partial charge is 0.333 e. The van der Waals surface area contributed by atoms with Crippen molar-refractivity contribution in [1.29, 1.82) is 0 Å². The van der Waals surface area contributed by atoms with Gasteiger partial charge in [0.2, 0.25) is 0 Å². The quantitative estimate of drug-likeness (QED) is 0.724. The van der Waals surface area contributed by atoms with Crippen LogP contribution in [-0.4, -0.2) is 40.7 Å². The van der Waals surface area contributed by atoms with Crippen molar-refractivity contribution in [2.24, 2.45) is 5.92 Å². The van der Waals surface area contributed by atoms with Crippen molar-refractivity contribution in [3.63, 3.8) is 0 Å². The summed E-state index contributed by atoms with van der Waals surface area (Å²) in [5, 5.41) is 4.24. The van der Waals surface area contributed by atoms with E-state index in [0.29, 0.717) is 5.92 Å². The molecule has 0 saturated carbocycles. The summed E-state index contributed by atoms with van der Waals surface area (Å²) in [5.74, 6) is 1.57. The third kappa shape index (κ3) is 3.29. The van der Waals surface area contributed by atoms with Gasteiger partial charge < -0.3 is 4.57 Å². The maximum absolute atomic E-state index is 4.51. The zero-order valence-corrected chi connectivity index (χ0v) is 12.9. The van der Waals surface area contributed by atoms with Gasteiger partial charge in [-0.3, -0.25) is 14.6 Å². The second kappa shape index (κ2) is 6.29. The fourth-order valence-corrected chi connectivity index (χ4v) is 3.17. The number of fused-ring (bicyclic) bond motifs is 1. The Kier molecular flexibility index (Phi) is 3.85. The molecule has 23 heavy (non-hydrogen) atoms. The number of nitrogens with zero attached hydrogens (tertiary/aromatic N) is 7. The van der Waals surface area contributed by atoms with Gasteiger partial charge in [0.05, 0.1) is 12.2 Å². The lowest BCUT2D eigenvalue weighted by molar-refractivity contribution is 0.203. The minimum absolute atomic E-state index is 0.455. The van der Waals surface area contributed by atoms with Crippen molar-refractivity contribution in [1.82, 2.24) is 34.2 Å². The van der Waals surface area contributed by atoms with Crippen molar-refractivity contribution in [2.75, 3.05) is 6.54 Å². The van der Waals surface area contributed by atoms with Crippen molar-refractivity contribution >= 4 is 0 Å². The van der Waals surface area contributed by atoms with Gasteiger partial charge in [-0.25, -0.2) is 9.97 Å². The lowest BCUT2D eigenvalue weighted by Gasteiger charge is -2.23. The molecule has 0 bridgehead atoms. The first-order valence-electron chi connectivity index (χ1n) is 7.81. The second-order valence-electron chi connectivity index (χ2n) is 5.97. The van der Waals surface area contributed by atoms with Crippen LogP contribution in [0, 0.1) is 5.92 Å². The molecule has 3 aromatic heterocycles. The molecule has 0 N–H and O–H groups in total. The summed E-state index contributed by atoms with van der Waals surface area (Å²) < 4.78 is 4.16. The number of imidazole rings is 1. The molecular weight excluding hydrogens is 290 g/mol. The van der Waals surface area contributed by atoms with E-state index in [-0.39, 0.29) is 0 Å². The number of aromatic nitrogens is 6. The molecule has 0 spiro atoms. The highest BCUT2D eigenvalue weighted by Gasteiger charge is 2.23. The molecule has 118 valence electrons. The van der Waals surface area contributed by atoms with Gasteiger partial charge in [-0.15, -0.1) is 0 Å². The molecule has 0 aliphatic carbocycles. The Hall–Kier alpha value is -2.54. The molecule has 0 radical (unpaired) electrons. The summed E-state index contributed by atoms with van der Waals surface area (Å²) in [5.41, 5.74) is 1.09. The zero-order chi connectivity index (χ0) is 15.5. The second-order valence-corrected chi connectivity index (χ2v) is 5.97. The topological polar surface area (TPSA) is 64.7 Å². The minimum atomic E-state index is 0.455. The van der Waals surface area contributed by atoms with E-state index >= 15 is 0 Å². The van der Waals surface area contributed by atoms with Crippen molar-refractivity contribution < 1.29 is 0 Å². The molecule has 0 unspecified atom stereocenters. The summed E-state index contributed by atoms with van der Waals surface area (Å²) in [7, 11) is 0. The third-order valence-corrected chi connectivity index (χ3v) is 4.16.